The summed E-state index contributed by atoms with van der Waals surface area (Å²) in [5, 5.41) is 3.80. The van der Waals surface area contributed by atoms with Crippen LogP contribution in [0.2, 0.25) is 5.15 Å². The van der Waals surface area contributed by atoms with Crippen LogP contribution in [0.1, 0.15) is 17.6 Å². The summed E-state index contributed by atoms with van der Waals surface area (Å²) >= 11 is 5.91. The molecule has 0 radical (unpaired) electrons. The molecule has 102 valence electrons. The molecule has 0 amide bonds. The molecule has 0 aromatic carbocycles. The Labute approximate surface area is 121 Å². The fraction of sp³-hybridized carbons (Fsp3) is 0.143. The second kappa shape index (κ2) is 5.38. The van der Waals surface area contributed by atoms with Gasteiger partial charge in [0.15, 0.2) is 0 Å². The third-order valence-electron chi connectivity index (χ3n) is 2.98. The van der Waals surface area contributed by atoms with Gasteiger partial charge in [-0.3, -0.25) is 0 Å². The van der Waals surface area contributed by atoms with Gasteiger partial charge in [-0.15, -0.1) is 0 Å². The third-order valence-corrected chi connectivity index (χ3v) is 3.19. The first-order chi connectivity index (χ1) is 9.74. The van der Waals surface area contributed by atoms with E-state index in [-0.39, 0.29) is 6.04 Å². The molecule has 0 fully saturated rings. The Bertz CT molecular complexity index is 693. The minimum absolute atomic E-state index is 0.191. The van der Waals surface area contributed by atoms with E-state index < -0.39 is 0 Å². The van der Waals surface area contributed by atoms with Gasteiger partial charge in [-0.25, -0.2) is 9.97 Å². The number of pyridine rings is 1. The summed E-state index contributed by atoms with van der Waals surface area (Å²) in [6, 6.07) is 7.19. The topological polar surface area (TPSA) is 55.9 Å². The molecular formula is C14H13ClN4O. The van der Waals surface area contributed by atoms with Gasteiger partial charge in [-0.1, -0.05) is 11.6 Å². The highest BCUT2D eigenvalue weighted by Crippen LogP contribution is 2.26. The average Bonchev–Trinajstić information content (AvgIpc) is 3.07. The molecule has 0 aliphatic heterocycles. The first-order valence-corrected chi connectivity index (χ1v) is 6.50. The van der Waals surface area contributed by atoms with Crippen LogP contribution < -0.4 is 5.32 Å². The number of hydrogen-bond donors (Lipinski definition) is 1. The standard InChI is InChI=1S/C14H13ClN4O/c1-19-7-6-17-14(19)13(11-3-2-8-20-11)18-10-4-5-16-12(15)9-10/h2-9,13H,1H3,(H,16,18). The van der Waals surface area contributed by atoms with Crippen molar-refractivity contribution in [2.24, 2.45) is 7.05 Å². The lowest BCUT2D eigenvalue weighted by Gasteiger charge is -2.17. The van der Waals surface area contributed by atoms with Crippen LogP contribution in [0.4, 0.5) is 5.69 Å². The number of hydrogen-bond acceptors (Lipinski definition) is 4. The first-order valence-electron chi connectivity index (χ1n) is 6.13. The number of anilines is 1. The quantitative estimate of drug-likeness (QED) is 0.749. The third kappa shape index (κ3) is 2.53. The van der Waals surface area contributed by atoms with Crippen LogP contribution in [0.25, 0.3) is 0 Å². The number of imidazole rings is 1. The lowest BCUT2D eigenvalue weighted by Crippen LogP contribution is -2.16. The maximum absolute atomic E-state index is 5.91. The molecule has 6 heteroatoms. The molecule has 3 aromatic heterocycles. The van der Waals surface area contributed by atoms with E-state index in [1.54, 1.807) is 24.7 Å². The Morgan fingerprint density at radius 1 is 1.30 bits per heavy atom. The summed E-state index contributed by atoms with van der Waals surface area (Å²) in [5.41, 5.74) is 0.856. The Morgan fingerprint density at radius 3 is 2.85 bits per heavy atom. The zero-order chi connectivity index (χ0) is 13.9. The fourth-order valence-electron chi connectivity index (χ4n) is 2.03. The molecule has 0 aliphatic rings. The van der Waals surface area contributed by atoms with Crippen LogP contribution in [0.15, 0.2) is 53.5 Å². The highest BCUT2D eigenvalue weighted by atomic mass is 35.5. The van der Waals surface area contributed by atoms with Crippen molar-refractivity contribution in [1.82, 2.24) is 14.5 Å². The van der Waals surface area contributed by atoms with Gasteiger partial charge in [-0.05, 0) is 24.3 Å². The minimum Gasteiger partial charge on any atom is -0.467 e. The van der Waals surface area contributed by atoms with E-state index >= 15 is 0 Å². The molecule has 0 saturated heterocycles. The molecule has 1 atom stereocenters. The van der Waals surface area contributed by atoms with Crippen molar-refractivity contribution in [3.05, 3.63) is 65.9 Å². The number of furan rings is 1. The Hall–Kier alpha value is -2.27. The SMILES string of the molecule is Cn1ccnc1C(Nc1ccnc(Cl)c1)c1ccco1. The molecule has 0 saturated carbocycles. The number of aromatic nitrogens is 3. The number of aryl methyl sites for hydroxylation is 1. The number of nitrogens with one attached hydrogen (secondary N) is 1. The molecule has 3 aromatic rings. The number of halogens is 1. The zero-order valence-electron chi connectivity index (χ0n) is 10.8. The van der Waals surface area contributed by atoms with Gasteiger partial charge in [0.1, 0.15) is 22.8 Å². The van der Waals surface area contributed by atoms with Crippen molar-refractivity contribution >= 4 is 17.3 Å². The fourth-order valence-corrected chi connectivity index (χ4v) is 2.21. The maximum Gasteiger partial charge on any atom is 0.143 e. The number of nitrogens with zero attached hydrogens (tertiary/aromatic N) is 3. The molecule has 1 N–H and O–H groups in total. The lowest BCUT2D eigenvalue weighted by molar-refractivity contribution is 0.488. The second-order valence-corrected chi connectivity index (χ2v) is 4.74. The average molecular weight is 289 g/mol. The smallest absolute Gasteiger partial charge is 0.143 e. The summed E-state index contributed by atoms with van der Waals surface area (Å²) in [5.74, 6) is 1.64. The van der Waals surface area contributed by atoms with E-state index in [4.69, 9.17) is 16.0 Å². The van der Waals surface area contributed by atoms with Crippen LogP contribution in [-0.4, -0.2) is 14.5 Å². The molecule has 1 unspecified atom stereocenters. The molecule has 3 heterocycles. The van der Waals surface area contributed by atoms with Crippen molar-refractivity contribution in [3.8, 4) is 0 Å². The minimum atomic E-state index is -0.191. The van der Waals surface area contributed by atoms with Crippen LogP contribution >= 0.6 is 11.6 Å². The van der Waals surface area contributed by atoms with Gasteiger partial charge in [0.25, 0.3) is 0 Å². The monoisotopic (exact) mass is 288 g/mol. The summed E-state index contributed by atoms with van der Waals surface area (Å²) < 4.78 is 7.46. The predicted octanol–water partition coefficient (Wildman–Crippen LogP) is 3.26. The molecule has 3 rings (SSSR count). The highest BCUT2D eigenvalue weighted by molar-refractivity contribution is 6.29. The van der Waals surface area contributed by atoms with Crippen molar-refractivity contribution in [2.45, 2.75) is 6.04 Å². The lowest BCUT2D eigenvalue weighted by atomic mass is 10.2. The summed E-state index contributed by atoms with van der Waals surface area (Å²) in [7, 11) is 1.94. The van der Waals surface area contributed by atoms with Crippen molar-refractivity contribution in [2.75, 3.05) is 5.32 Å². The summed E-state index contributed by atoms with van der Waals surface area (Å²) in [4.78, 5) is 8.35. The Kier molecular flexibility index (Phi) is 3.43. The van der Waals surface area contributed by atoms with Gasteiger partial charge in [-0.2, -0.15) is 0 Å². The van der Waals surface area contributed by atoms with Crippen LogP contribution in [0.5, 0.6) is 0 Å². The van der Waals surface area contributed by atoms with Gasteiger partial charge in [0.2, 0.25) is 0 Å². The van der Waals surface area contributed by atoms with E-state index in [1.807, 2.05) is 36.0 Å². The van der Waals surface area contributed by atoms with Gasteiger partial charge >= 0.3 is 0 Å². The van der Waals surface area contributed by atoms with Gasteiger partial charge in [0.05, 0.1) is 6.26 Å². The molecule has 0 bridgehead atoms. The Morgan fingerprint density at radius 2 is 2.20 bits per heavy atom. The molecule has 20 heavy (non-hydrogen) atoms. The predicted molar refractivity (Wildman–Crippen MR) is 76.6 cm³/mol. The first kappa shape index (κ1) is 12.7. The largest absolute Gasteiger partial charge is 0.467 e. The molecule has 5 nitrogen and oxygen atoms in total. The van der Waals surface area contributed by atoms with Crippen LogP contribution in [-0.2, 0) is 7.05 Å². The summed E-state index contributed by atoms with van der Waals surface area (Å²) in [6.07, 6.45) is 6.95. The van der Waals surface area contributed by atoms with E-state index in [2.05, 4.69) is 15.3 Å². The number of rotatable bonds is 4. The zero-order valence-corrected chi connectivity index (χ0v) is 11.6. The highest BCUT2D eigenvalue weighted by Gasteiger charge is 2.20. The Balaban J connectivity index is 1.97. The van der Waals surface area contributed by atoms with Crippen LogP contribution in [0, 0.1) is 0 Å². The maximum atomic E-state index is 5.91. The van der Waals surface area contributed by atoms with Crippen molar-refractivity contribution in [1.29, 1.82) is 0 Å². The van der Waals surface area contributed by atoms with Crippen molar-refractivity contribution in [3.63, 3.8) is 0 Å². The van der Waals surface area contributed by atoms with E-state index in [0.29, 0.717) is 5.15 Å². The van der Waals surface area contributed by atoms with Crippen molar-refractivity contribution < 1.29 is 4.42 Å². The normalized spacial score (nSPS) is 12.3. The summed E-state index contributed by atoms with van der Waals surface area (Å²) in [6.45, 7) is 0. The van der Waals surface area contributed by atoms with E-state index in [0.717, 1.165) is 17.3 Å². The molecule has 0 spiro atoms. The van der Waals surface area contributed by atoms with Gasteiger partial charge < -0.3 is 14.3 Å². The molecule has 0 aliphatic carbocycles. The van der Waals surface area contributed by atoms with Crippen LogP contribution in [0.3, 0.4) is 0 Å². The van der Waals surface area contributed by atoms with E-state index in [1.165, 1.54) is 0 Å². The second-order valence-electron chi connectivity index (χ2n) is 4.36. The van der Waals surface area contributed by atoms with E-state index in [9.17, 15) is 0 Å². The van der Waals surface area contributed by atoms with Gasteiger partial charge in [0, 0.05) is 31.3 Å². The molecular weight excluding hydrogens is 276 g/mol.